The molecule has 2 N–H and O–H groups in total. The molecule has 2 unspecified atom stereocenters. The van der Waals surface area contributed by atoms with Crippen LogP contribution < -0.4 is 10.1 Å². The molecule has 0 bridgehead atoms. The van der Waals surface area contributed by atoms with E-state index in [1.165, 1.54) is 19.2 Å². The van der Waals surface area contributed by atoms with Crippen LogP contribution in [-0.4, -0.2) is 62.1 Å². The van der Waals surface area contributed by atoms with Crippen molar-refractivity contribution in [3.05, 3.63) is 53.6 Å². The lowest BCUT2D eigenvalue weighted by Gasteiger charge is -2.22. The third-order valence-corrected chi connectivity index (χ3v) is 7.19. The molecule has 3 rings (SSSR count). The first-order valence-corrected chi connectivity index (χ1v) is 11.4. The highest BCUT2D eigenvalue weighted by Crippen LogP contribution is 2.28. The highest BCUT2D eigenvalue weighted by Gasteiger charge is 2.44. The molecule has 32 heavy (non-hydrogen) atoms. The van der Waals surface area contributed by atoms with Gasteiger partial charge < -0.3 is 19.9 Å². The molecule has 1 aliphatic rings. The third kappa shape index (κ3) is 5.09. The second-order valence-electron chi connectivity index (χ2n) is 7.58. The zero-order chi connectivity index (χ0) is 23.5. The highest BCUT2D eigenvalue weighted by atomic mass is 32.2. The van der Waals surface area contributed by atoms with E-state index in [1.54, 1.807) is 37.3 Å². The minimum absolute atomic E-state index is 0.0291. The van der Waals surface area contributed by atoms with Crippen LogP contribution in [0.5, 0.6) is 5.75 Å². The maximum Gasteiger partial charge on any atom is 0.325 e. The third-order valence-electron chi connectivity index (χ3n) is 5.32. The summed E-state index contributed by atoms with van der Waals surface area (Å²) in [4.78, 5) is 24.9. The monoisotopic (exact) mass is 462 g/mol. The number of anilines is 1. The van der Waals surface area contributed by atoms with E-state index in [9.17, 15) is 23.1 Å². The Hall–Kier alpha value is -2.95. The number of aliphatic hydroxyl groups excluding tert-OH is 1. The largest absolute Gasteiger partial charge is 0.495 e. The molecular weight excluding hydrogens is 436 g/mol. The number of β-amino-alcohol motifs (C(OH)–C–C–N with tert-alkyl or cyclic N) is 1. The molecule has 172 valence electrons. The SMILES string of the molecule is COc1ccccc1NC(=O)COC(=O)C1CC(O)CN1S(=O)(=O)c1ccc(C)c(C)c1. The topological polar surface area (TPSA) is 122 Å². The number of methoxy groups -OCH3 is 1. The van der Waals surface area contributed by atoms with Crippen molar-refractivity contribution in [2.24, 2.45) is 0 Å². The summed E-state index contributed by atoms with van der Waals surface area (Å²) in [5, 5.41) is 12.6. The molecule has 0 radical (unpaired) electrons. The van der Waals surface area contributed by atoms with Gasteiger partial charge in [0.25, 0.3) is 5.91 Å². The molecule has 9 nitrogen and oxygen atoms in total. The number of carbonyl (C=O) groups is 2. The van der Waals surface area contributed by atoms with E-state index in [2.05, 4.69) is 5.32 Å². The van der Waals surface area contributed by atoms with E-state index >= 15 is 0 Å². The predicted octanol–water partition coefficient (Wildman–Crippen LogP) is 1.62. The van der Waals surface area contributed by atoms with E-state index in [0.717, 1.165) is 15.4 Å². The molecule has 0 spiro atoms. The van der Waals surface area contributed by atoms with Crippen molar-refractivity contribution >= 4 is 27.6 Å². The van der Waals surface area contributed by atoms with Crippen LogP contribution in [0, 0.1) is 13.8 Å². The lowest BCUT2D eigenvalue weighted by Crippen LogP contribution is -2.42. The number of rotatable bonds is 7. The van der Waals surface area contributed by atoms with Gasteiger partial charge in [0, 0.05) is 13.0 Å². The second-order valence-corrected chi connectivity index (χ2v) is 9.47. The fourth-order valence-corrected chi connectivity index (χ4v) is 5.15. The summed E-state index contributed by atoms with van der Waals surface area (Å²) >= 11 is 0. The Morgan fingerprint density at radius 3 is 2.56 bits per heavy atom. The van der Waals surface area contributed by atoms with E-state index in [1.807, 2.05) is 6.92 Å². The number of carbonyl (C=O) groups excluding carboxylic acids is 2. The predicted molar refractivity (Wildman–Crippen MR) is 117 cm³/mol. The van der Waals surface area contributed by atoms with Crippen LogP contribution in [0.25, 0.3) is 0 Å². The zero-order valence-electron chi connectivity index (χ0n) is 18.1. The summed E-state index contributed by atoms with van der Waals surface area (Å²) in [6.45, 7) is 2.81. The second kappa shape index (κ2) is 9.68. The van der Waals surface area contributed by atoms with Crippen molar-refractivity contribution in [3.63, 3.8) is 0 Å². The van der Waals surface area contributed by atoms with Gasteiger partial charge >= 0.3 is 5.97 Å². The lowest BCUT2D eigenvalue weighted by molar-refractivity contribution is -0.150. The molecule has 0 aromatic heterocycles. The summed E-state index contributed by atoms with van der Waals surface area (Å²) in [5.74, 6) is -1.06. The van der Waals surface area contributed by atoms with Gasteiger partial charge in [-0.25, -0.2) is 8.42 Å². The van der Waals surface area contributed by atoms with E-state index < -0.39 is 40.7 Å². The maximum absolute atomic E-state index is 13.1. The van der Waals surface area contributed by atoms with Crippen LogP contribution in [0.3, 0.4) is 0 Å². The highest BCUT2D eigenvalue weighted by molar-refractivity contribution is 7.89. The Morgan fingerprint density at radius 1 is 1.16 bits per heavy atom. The Labute approximate surface area is 187 Å². The molecule has 10 heteroatoms. The first-order valence-electron chi connectivity index (χ1n) is 10.00. The molecular formula is C22H26N2O7S. The molecule has 1 aliphatic heterocycles. The molecule has 1 fully saturated rings. The fourth-order valence-electron chi connectivity index (χ4n) is 3.44. The molecule has 2 aromatic carbocycles. The molecule has 0 aliphatic carbocycles. The van der Waals surface area contributed by atoms with Crippen LogP contribution >= 0.6 is 0 Å². The van der Waals surface area contributed by atoms with Crippen molar-refractivity contribution in [2.75, 3.05) is 25.6 Å². The van der Waals surface area contributed by atoms with Gasteiger partial charge in [-0.2, -0.15) is 4.31 Å². The van der Waals surface area contributed by atoms with Crippen LogP contribution in [0.1, 0.15) is 17.5 Å². The molecule has 0 saturated carbocycles. The number of benzene rings is 2. The van der Waals surface area contributed by atoms with Crippen LogP contribution in [0.4, 0.5) is 5.69 Å². The number of aryl methyl sites for hydroxylation is 2. The summed E-state index contributed by atoms with van der Waals surface area (Å²) in [5.41, 5.74) is 2.13. The molecule has 2 atom stereocenters. The number of aliphatic hydroxyl groups is 1. The van der Waals surface area contributed by atoms with Crippen molar-refractivity contribution in [1.82, 2.24) is 4.31 Å². The quantitative estimate of drug-likeness (QED) is 0.600. The number of nitrogens with one attached hydrogen (secondary N) is 1. The Bertz CT molecular complexity index is 1120. The van der Waals surface area contributed by atoms with Gasteiger partial charge in [-0.1, -0.05) is 18.2 Å². The minimum atomic E-state index is -4.05. The average Bonchev–Trinajstić information content (AvgIpc) is 3.17. The van der Waals surface area contributed by atoms with Crippen molar-refractivity contribution in [1.29, 1.82) is 0 Å². The van der Waals surface area contributed by atoms with Crippen LogP contribution in [0.15, 0.2) is 47.4 Å². The van der Waals surface area contributed by atoms with Crippen molar-refractivity contribution in [2.45, 2.75) is 37.3 Å². The molecule has 1 heterocycles. The van der Waals surface area contributed by atoms with Gasteiger partial charge in [0.1, 0.15) is 11.8 Å². The first kappa shape index (κ1) is 23.7. The normalized spacial score (nSPS) is 18.9. The number of hydrogen-bond donors (Lipinski definition) is 2. The summed E-state index contributed by atoms with van der Waals surface area (Å²) in [7, 11) is -2.59. The summed E-state index contributed by atoms with van der Waals surface area (Å²) < 4.78 is 37.4. The van der Waals surface area contributed by atoms with Gasteiger partial charge in [0.2, 0.25) is 10.0 Å². The summed E-state index contributed by atoms with van der Waals surface area (Å²) in [6, 6.07) is 10.2. The van der Waals surface area contributed by atoms with Crippen molar-refractivity contribution in [3.8, 4) is 5.75 Å². The zero-order valence-corrected chi connectivity index (χ0v) is 18.9. The summed E-state index contributed by atoms with van der Waals surface area (Å²) in [6.07, 6.45) is -1.13. The first-order chi connectivity index (χ1) is 15.1. The van der Waals surface area contributed by atoms with E-state index in [0.29, 0.717) is 11.4 Å². The average molecular weight is 463 g/mol. The minimum Gasteiger partial charge on any atom is -0.495 e. The Balaban J connectivity index is 1.69. The number of ether oxygens (including phenoxy) is 2. The van der Waals surface area contributed by atoms with E-state index in [4.69, 9.17) is 9.47 Å². The number of para-hydroxylation sites is 2. The van der Waals surface area contributed by atoms with Gasteiger partial charge in [0.05, 0.1) is 23.8 Å². The number of esters is 1. The fraction of sp³-hybridized carbons (Fsp3) is 0.364. The van der Waals surface area contributed by atoms with Gasteiger partial charge in [-0.3, -0.25) is 9.59 Å². The smallest absolute Gasteiger partial charge is 0.325 e. The number of amides is 1. The maximum atomic E-state index is 13.1. The van der Waals surface area contributed by atoms with Crippen LogP contribution in [0.2, 0.25) is 0 Å². The molecule has 1 saturated heterocycles. The van der Waals surface area contributed by atoms with E-state index in [-0.39, 0.29) is 17.9 Å². The van der Waals surface area contributed by atoms with Crippen LogP contribution in [-0.2, 0) is 24.3 Å². The van der Waals surface area contributed by atoms with Crippen molar-refractivity contribution < 1.29 is 32.6 Å². The standard InChI is InChI=1S/C22H26N2O7S/c1-14-8-9-17(10-15(14)2)32(28,29)24-12-16(25)11-19(24)22(27)31-13-21(26)23-18-6-4-5-7-20(18)30-3/h4-10,16,19,25H,11-13H2,1-3H3,(H,23,26). The number of sulfonamides is 1. The number of nitrogens with zero attached hydrogens (tertiary/aromatic N) is 1. The molecule has 1 amide bonds. The number of hydrogen-bond acceptors (Lipinski definition) is 7. The van der Waals surface area contributed by atoms with Gasteiger partial charge in [-0.05, 0) is 49.2 Å². The van der Waals surface area contributed by atoms with Gasteiger partial charge in [-0.15, -0.1) is 0 Å². The Kier molecular flexibility index (Phi) is 7.17. The van der Waals surface area contributed by atoms with Gasteiger partial charge in [0.15, 0.2) is 6.61 Å². The lowest BCUT2D eigenvalue weighted by atomic mass is 10.1. The Morgan fingerprint density at radius 2 is 1.88 bits per heavy atom. The molecule has 2 aromatic rings.